The van der Waals surface area contributed by atoms with E-state index in [9.17, 15) is 5.26 Å². The summed E-state index contributed by atoms with van der Waals surface area (Å²) in [5.41, 5.74) is 7.95. The molecule has 3 nitrogen and oxygen atoms in total. The summed E-state index contributed by atoms with van der Waals surface area (Å²) < 4.78 is 8.41. The van der Waals surface area contributed by atoms with Crippen molar-refractivity contribution in [2.75, 3.05) is 0 Å². The van der Waals surface area contributed by atoms with Gasteiger partial charge in [0, 0.05) is 27.1 Å². The second-order valence-corrected chi connectivity index (χ2v) is 8.52. The van der Waals surface area contributed by atoms with Crippen molar-refractivity contribution in [3.05, 3.63) is 115 Å². The minimum absolute atomic E-state index is 0.600. The van der Waals surface area contributed by atoms with Gasteiger partial charge < -0.3 is 8.98 Å². The van der Waals surface area contributed by atoms with Crippen LogP contribution in [-0.4, -0.2) is 4.57 Å². The molecule has 158 valence electrons. The molecular weight excluding hydrogens is 416 g/mol. The van der Waals surface area contributed by atoms with Gasteiger partial charge in [-0.2, -0.15) is 5.26 Å². The SMILES string of the molecule is N#Cc1ccc2c(c1)oc1ccc(-c3ccccc3-n3c4ccccc4c4ccccc43)cc12. The van der Waals surface area contributed by atoms with Gasteiger partial charge in [-0.15, -0.1) is 0 Å². The molecule has 0 bridgehead atoms. The summed E-state index contributed by atoms with van der Waals surface area (Å²) in [6.45, 7) is 0. The molecule has 3 heteroatoms. The fourth-order valence-electron chi connectivity index (χ4n) is 5.11. The second-order valence-electron chi connectivity index (χ2n) is 8.52. The highest BCUT2D eigenvalue weighted by Gasteiger charge is 2.16. The summed E-state index contributed by atoms with van der Waals surface area (Å²) in [4.78, 5) is 0. The van der Waals surface area contributed by atoms with Gasteiger partial charge in [0.1, 0.15) is 11.2 Å². The van der Waals surface area contributed by atoms with Crippen LogP contribution in [0.15, 0.2) is 114 Å². The summed E-state index contributed by atoms with van der Waals surface area (Å²) in [6, 6.07) is 39.8. The minimum Gasteiger partial charge on any atom is -0.456 e. The van der Waals surface area contributed by atoms with E-state index in [2.05, 4.69) is 95.6 Å². The van der Waals surface area contributed by atoms with Gasteiger partial charge >= 0.3 is 0 Å². The molecule has 7 rings (SSSR count). The van der Waals surface area contributed by atoms with E-state index in [0.717, 1.165) is 38.8 Å². The highest BCUT2D eigenvalue weighted by molar-refractivity contribution is 6.10. The topological polar surface area (TPSA) is 41.9 Å². The molecule has 7 aromatic rings. The maximum absolute atomic E-state index is 9.24. The van der Waals surface area contributed by atoms with Gasteiger partial charge in [-0.1, -0.05) is 60.7 Å². The molecule has 0 aliphatic heterocycles. The zero-order chi connectivity index (χ0) is 22.6. The number of benzene rings is 5. The summed E-state index contributed by atoms with van der Waals surface area (Å²) >= 11 is 0. The quantitative estimate of drug-likeness (QED) is 0.275. The Morgan fingerprint density at radius 1 is 0.588 bits per heavy atom. The van der Waals surface area contributed by atoms with Crippen LogP contribution >= 0.6 is 0 Å². The molecule has 34 heavy (non-hydrogen) atoms. The van der Waals surface area contributed by atoms with Crippen molar-refractivity contribution in [1.29, 1.82) is 5.26 Å². The predicted octanol–water partition coefficient (Wildman–Crippen LogP) is 8.22. The van der Waals surface area contributed by atoms with E-state index in [1.165, 1.54) is 21.8 Å². The standard InChI is InChI=1S/C31H18N2O/c32-19-20-13-15-25-26-18-21(14-16-30(26)34-31(25)17-20)22-7-1-4-10-27(22)33-28-11-5-2-8-23(28)24-9-3-6-12-29(24)33/h1-18H. The molecular formula is C31H18N2O. The third-order valence-electron chi connectivity index (χ3n) is 6.64. The molecule has 2 heterocycles. The van der Waals surface area contributed by atoms with E-state index in [1.54, 1.807) is 6.07 Å². The number of nitrogens with zero attached hydrogens (tertiary/aromatic N) is 2. The lowest BCUT2D eigenvalue weighted by Gasteiger charge is -2.14. The molecule has 0 unspecified atom stereocenters. The molecule has 0 amide bonds. The van der Waals surface area contributed by atoms with Crippen LogP contribution in [0.25, 0.3) is 60.6 Å². The van der Waals surface area contributed by atoms with Crippen LogP contribution in [0.5, 0.6) is 0 Å². The number of furan rings is 1. The average Bonchev–Trinajstić information content (AvgIpc) is 3.43. The van der Waals surface area contributed by atoms with E-state index < -0.39 is 0 Å². The fourth-order valence-corrected chi connectivity index (χ4v) is 5.11. The molecule has 0 spiro atoms. The number of fused-ring (bicyclic) bond motifs is 6. The summed E-state index contributed by atoms with van der Waals surface area (Å²) in [7, 11) is 0. The van der Waals surface area contributed by atoms with E-state index in [0.29, 0.717) is 5.56 Å². The van der Waals surface area contributed by atoms with E-state index in [1.807, 2.05) is 18.2 Å². The monoisotopic (exact) mass is 434 g/mol. The fraction of sp³-hybridized carbons (Fsp3) is 0. The molecule has 5 aromatic carbocycles. The van der Waals surface area contributed by atoms with Crippen LogP contribution in [0.1, 0.15) is 5.56 Å². The first-order valence-electron chi connectivity index (χ1n) is 11.3. The van der Waals surface area contributed by atoms with E-state index in [-0.39, 0.29) is 0 Å². The number of aromatic nitrogens is 1. The van der Waals surface area contributed by atoms with Gasteiger partial charge in [-0.25, -0.2) is 0 Å². The Hall–Kier alpha value is -4.81. The molecule has 0 saturated heterocycles. The minimum atomic E-state index is 0.600. The molecule has 0 N–H and O–H groups in total. The van der Waals surface area contributed by atoms with Crippen LogP contribution in [0.2, 0.25) is 0 Å². The molecule has 0 aliphatic rings. The number of rotatable bonds is 2. The van der Waals surface area contributed by atoms with Gasteiger partial charge in [0.05, 0.1) is 28.4 Å². The van der Waals surface area contributed by atoms with Crippen molar-refractivity contribution in [2.24, 2.45) is 0 Å². The maximum atomic E-state index is 9.24. The first kappa shape index (κ1) is 18.7. The lowest BCUT2D eigenvalue weighted by Crippen LogP contribution is -1.96. The normalized spacial score (nSPS) is 11.5. The molecule has 0 saturated carbocycles. The first-order valence-corrected chi connectivity index (χ1v) is 11.3. The van der Waals surface area contributed by atoms with Crippen LogP contribution in [0.4, 0.5) is 0 Å². The zero-order valence-corrected chi connectivity index (χ0v) is 18.2. The third kappa shape index (κ3) is 2.63. The Bertz CT molecular complexity index is 1880. The highest BCUT2D eigenvalue weighted by Crippen LogP contribution is 2.38. The Morgan fingerprint density at radius 3 is 2.06 bits per heavy atom. The van der Waals surface area contributed by atoms with Crippen molar-refractivity contribution in [3.8, 4) is 22.9 Å². The molecule has 2 aromatic heterocycles. The average molecular weight is 434 g/mol. The predicted molar refractivity (Wildman–Crippen MR) is 138 cm³/mol. The van der Waals surface area contributed by atoms with Crippen molar-refractivity contribution in [1.82, 2.24) is 4.57 Å². The number of nitriles is 1. The van der Waals surface area contributed by atoms with Crippen molar-refractivity contribution in [2.45, 2.75) is 0 Å². The largest absolute Gasteiger partial charge is 0.456 e. The lowest BCUT2D eigenvalue weighted by molar-refractivity contribution is 0.669. The highest BCUT2D eigenvalue weighted by atomic mass is 16.3. The number of hydrogen-bond acceptors (Lipinski definition) is 2. The number of para-hydroxylation sites is 3. The summed E-state index contributed by atoms with van der Waals surface area (Å²) in [5.74, 6) is 0. The van der Waals surface area contributed by atoms with Gasteiger partial charge in [0.2, 0.25) is 0 Å². The number of hydrogen-bond donors (Lipinski definition) is 0. The Kier molecular flexibility index (Phi) is 3.91. The Balaban J connectivity index is 1.51. The molecule has 0 fully saturated rings. The van der Waals surface area contributed by atoms with Crippen molar-refractivity contribution >= 4 is 43.7 Å². The summed E-state index contributed by atoms with van der Waals surface area (Å²) in [6.07, 6.45) is 0. The maximum Gasteiger partial charge on any atom is 0.136 e. The van der Waals surface area contributed by atoms with Crippen LogP contribution < -0.4 is 0 Å². The Labute approximate surface area is 195 Å². The zero-order valence-electron chi connectivity index (χ0n) is 18.2. The van der Waals surface area contributed by atoms with Gasteiger partial charge in [0.15, 0.2) is 0 Å². The van der Waals surface area contributed by atoms with Crippen LogP contribution in [0, 0.1) is 11.3 Å². The van der Waals surface area contributed by atoms with Gasteiger partial charge in [-0.3, -0.25) is 0 Å². The smallest absolute Gasteiger partial charge is 0.136 e. The lowest BCUT2D eigenvalue weighted by atomic mass is 10.0. The third-order valence-corrected chi connectivity index (χ3v) is 6.64. The first-order chi connectivity index (χ1) is 16.8. The van der Waals surface area contributed by atoms with Crippen LogP contribution in [-0.2, 0) is 0 Å². The summed E-state index contributed by atoms with van der Waals surface area (Å²) in [5, 5.41) is 13.8. The van der Waals surface area contributed by atoms with E-state index in [4.69, 9.17) is 4.42 Å². The molecule has 0 atom stereocenters. The van der Waals surface area contributed by atoms with Crippen LogP contribution in [0.3, 0.4) is 0 Å². The second kappa shape index (κ2) is 7.10. The van der Waals surface area contributed by atoms with Gasteiger partial charge in [-0.05, 0) is 54.1 Å². The van der Waals surface area contributed by atoms with Crippen molar-refractivity contribution in [3.63, 3.8) is 0 Å². The van der Waals surface area contributed by atoms with E-state index >= 15 is 0 Å². The molecule has 0 radical (unpaired) electrons. The molecule has 0 aliphatic carbocycles. The van der Waals surface area contributed by atoms with Gasteiger partial charge in [0.25, 0.3) is 0 Å². The van der Waals surface area contributed by atoms with Crippen molar-refractivity contribution < 1.29 is 4.42 Å². The Morgan fingerprint density at radius 2 is 1.29 bits per heavy atom.